The van der Waals surface area contributed by atoms with Crippen LogP contribution in [0.5, 0.6) is 0 Å². The van der Waals surface area contributed by atoms with Crippen molar-refractivity contribution in [1.82, 2.24) is 19.1 Å². The predicted molar refractivity (Wildman–Crippen MR) is 133 cm³/mol. The van der Waals surface area contributed by atoms with E-state index in [1.54, 1.807) is 28.8 Å². The second kappa shape index (κ2) is 10.2. The van der Waals surface area contributed by atoms with Crippen LogP contribution in [0.4, 0.5) is 0 Å². The number of rotatable bonds is 8. The first kappa shape index (κ1) is 24.3. The molecule has 8 nitrogen and oxygen atoms in total. The van der Waals surface area contributed by atoms with Gasteiger partial charge in [0.15, 0.2) is 0 Å². The summed E-state index contributed by atoms with van der Waals surface area (Å²) in [6.07, 6.45) is 1.91. The van der Waals surface area contributed by atoms with E-state index in [-0.39, 0.29) is 22.9 Å². The molecule has 0 atom stereocenters. The average molecular weight is 491 g/mol. The van der Waals surface area contributed by atoms with Gasteiger partial charge in [-0.1, -0.05) is 59.1 Å². The predicted octanol–water partition coefficient (Wildman–Crippen LogP) is 3.99. The van der Waals surface area contributed by atoms with Crippen LogP contribution in [-0.4, -0.2) is 54.7 Å². The van der Waals surface area contributed by atoms with Crippen LogP contribution < -0.4 is 0 Å². The molecule has 4 rings (SSSR count). The van der Waals surface area contributed by atoms with E-state index >= 15 is 0 Å². The van der Waals surface area contributed by atoms with Gasteiger partial charge in [-0.25, -0.2) is 13.1 Å². The number of nitrogens with zero attached hydrogens (tertiary/aromatic N) is 4. The highest BCUT2D eigenvalue weighted by Gasteiger charge is 2.23. The van der Waals surface area contributed by atoms with Gasteiger partial charge in [0, 0.05) is 43.5 Å². The minimum absolute atomic E-state index is 0.0250. The number of aromatic nitrogens is 2. The van der Waals surface area contributed by atoms with Gasteiger partial charge in [0.1, 0.15) is 0 Å². The summed E-state index contributed by atoms with van der Waals surface area (Å²) in [7, 11) is 0.369. The number of carbonyl (C=O) groups is 1. The van der Waals surface area contributed by atoms with Gasteiger partial charge < -0.3 is 4.90 Å². The first-order valence-electron chi connectivity index (χ1n) is 10.9. The molecule has 0 aliphatic heterocycles. The van der Waals surface area contributed by atoms with Gasteiger partial charge in [0.25, 0.3) is 15.9 Å². The third-order valence-electron chi connectivity index (χ3n) is 5.59. The average Bonchev–Trinajstić information content (AvgIpc) is 3.32. The van der Waals surface area contributed by atoms with Crippen molar-refractivity contribution in [1.29, 1.82) is 0 Å². The maximum Gasteiger partial charge on any atom is 0.264 e. The molecular formula is C26H26N4O4S. The molecule has 0 fully saturated rings. The summed E-state index contributed by atoms with van der Waals surface area (Å²) in [4.78, 5) is 19.6. The second-order valence-electron chi connectivity index (χ2n) is 7.94. The van der Waals surface area contributed by atoms with Crippen LogP contribution in [0.15, 0.2) is 96.0 Å². The summed E-state index contributed by atoms with van der Waals surface area (Å²) in [6, 6.07) is 25.4. The Hall–Kier alpha value is -3.79. The van der Waals surface area contributed by atoms with Crippen molar-refractivity contribution in [3.8, 4) is 16.9 Å². The molecule has 0 aliphatic carbocycles. The van der Waals surface area contributed by atoms with Crippen molar-refractivity contribution >= 4 is 15.9 Å². The molecule has 0 saturated carbocycles. The van der Waals surface area contributed by atoms with Crippen LogP contribution in [0.25, 0.3) is 16.9 Å². The van der Waals surface area contributed by atoms with E-state index in [2.05, 4.69) is 0 Å². The lowest BCUT2D eigenvalue weighted by Gasteiger charge is -2.18. The lowest BCUT2D eigenvalue weighted by atomic mass is 10.1. The van der Waals surface area contributed by atoms with E-state index in [1.165, 1.54) is 26.3 Å². The summed E-state index contributed by atoms with van der Waals surface area (Å²) in [5.41, 5.74) is 3.74. The van der Waals surface area contributed by atoms with Crippen molar-refractivity contribution in [3.63, 3.8) is 0 Å². The van der Waals surface area contributed by atoms with E-state index in [0.717, 1.165) is 27.0 Å². The molecule has 1 aromatic heterocycles. The van der Waals surface area contributed by atoms with Gasteiger partial charge in [0.2, 0.25) is 0 Å². The molecule has 180 valence electrons. The molecule has 0 saturated heterocycles. The minimum Gasteiger partial charge on any atom is -0.337 e. The minimum atomic E-state index is -3.87. The van der Waals surface area contributed by atoms with Gasteiger partial charge in [-0.2, -0.15) is 5.10 Å². The fraction of sp³-hybridized carbons (Fsp3) is 0.154. The van der Waals surface area contributed by atoms with E-state index in [9.17, 15) is 13.2 Å². The maximum absolute atomic E-state index is 13.3. The number of carbonyl (C=O) groups excluding carboxylic acids is 1. The largest absolute Gasteiger partial charge is 0.337 e. The van der Waals surface area contributed by atoms with Gasteiger partial charge in [0.05, 0.1) is 23.4 Å². The van der Waals surface area contributed by atoms with Gasteiger partial charge in [-0.05, 0) is 30.3 Å². The lowest BCUT2D eigenvalue weighted by Crippen LogP contribution is -2.28. The number of amides is 1. The Labute approximate surface area is 205 Å². The first-order valence-corrected chi connectivity index (χ1v) is 12.3. The number of para-hydroxylation sites is 1. The Bertz CT molecular complexity index is 1420. The Morgan fingerprint density at radius 2 is 1.60 bits per heavy atom. The lowest BCUT2D eigenvalue weighted by molar-refractivity contribution is -0.0258. The number of hydrogen-bond acceptors (Lipinski definition) is 5. The topological polar surface area (TPSA) is 84.7 Å². The summed E-state index contributed by atoms with van der Waals surface area (Å²) in [5.74, 6) is -0.311. The zero-order valence-corrected chi connectivity index (χ0v) is 20.5. The van der Waals surface area contributed by atoms with Crippen molar-refractivity contribution in [2.24, 2.45) is 0 Å². The van der Waals surface area contributed by atoms with Gasteiger partial charge in [-0.3, -0.25) is 9.63 Å². The molecule has 0 spiro atoms. The highest BCUT2D eigenvalue weighted by atomic mass is 32.2. The third-order valence-corrected chi connectivity index (χ3v) is 7.26. The van der Waals surface area contributed by atoms with Crippen LogP contribution in [0, 0.1) is 0 Å². The maximum atomic E-state index is 13.3. The van der Waals surface area contributed by atoms with Crippen molar-refractivity contribution in [3.05, 3.63) is 102 Å². The quantitative estimate of drug-likeness (QED) is 0.349. The molecule has 1 amide bonds. The smallest absolute Gasteiger partial charge is 0.264 e. The molecule has 9 heteroatoms. The normalized spacial score (nSPS) is 11.5. The van der Waals surface area contributed by atoms with Crippen molar-refractivity contribution < 1.29 is 18.0 Å². The van der Waals surface area contributed by atoms with Gasteiger partial charge in [-0.15, -0.1) is 0 Å². The highest BCUT2D eigenvalue weighted by Crippen LogP contribution is 2.25. The molecule has 0 unspecified atom stereocenters. The SMILES string of the molecule is CON(C)S(=O)(=O)c1cccc(C(=O)N(C)Cc2cn(-c3ccccc3)nc2-c2ccccc2)c1. The fourth-order valence-electron chi connectivity index (χ4n) is 3.66. The number of hydroxylamine groups is 1. The van der Waals surface area contributed by atoms with Crippen LogP contribution in [0.2, 0.25) is 0 Å². The van der Waals surface area contributed by atoms with Crippen molar-refractivity contribution in [2.75, 3.05) is 21.2 Å². The summed E-state index contributed by atoms with van der Waals surface area (Å²) in [6.45, 7) is 0.283. The van der Waals surface area contributed by atoms with Crippen molar-refractivity contribution in [2.45, 2.75) is 11.4 Å². The second-order valence-corrected chi connectivity index (χ2v) is 9.87. The molecule has 0 bridgehead atoms. The summed E-state index contributed by atoms with van der Waals surface area (Å²) in [5, 5.41) is 4.79. The fourth-order valence-corrected chi connectivity index (χ4v) is 4.68. The Morgan fingerprint density at radius 1 is 0.943 bits per heavy atom. The molecule has 1 heterocycles. The third kappa shape index (κ3) is 5.17. The van der Waals surface area contributed by atoms with E-state index < -0.39 is 10.0 Å². The monoisotopic (exact) mass is 490 g/mol. The van der Waals surface area contributed by atoms with E-state index in [0.29, 0.717) is 0 Å². The highest BCUT2D eigenvalue weighted by molar-refractivity contribution is 7.89. The van der Waals surface area contributed by atoms with Crippen LogP contribution in [0.3, 0.4) is 0 Å². The molecule has 0 aliphatic rings. The van der Waals surface area contributed by atoms with E-state index in [4.69, 9.17) is 9.94 Å². The Kier molecular flexibility index (Phi) is 7.11. The molecule has 4 aromatic rings. The Balaban J connectivity index is 1.65. The zero-order valence-electron chi connectivity index (χ0n) is 19.7. The standard InChI is InChI=1S/C26H26N4O4S/c1-28(26(31)21-13-10-16-24(17-21)35(32,33)29(2)34-3)18-22-19-30(23-14-8-5-9-15-23)27-25(22)20-11-6-4-7-12-20/h4-17,19H,18H2,1-3H3. The molecule has 0 N–H and O–H groups in total. The molecule has 0 radical (unpaired) electrons. The molecule has 35 heavy (non-hydrogen) atoms. The Morgan fingerprint density at radius 3 is 2.26 bits per heavy atom. The van der Waals surface area contributed by atoms with Crippen LogP contribution >= 0.6 is 0 Å². The van der Waals surface area contributed by atoms with Crippen LogP contribution in [-0.2, 0) is 21.4 Å². The molecule has 3 aromatic carbocycles. The summed E-state index contributed by atoms with van der Waals surface area (Å²) >= 11 is 0. The number of sulfonamides is 1. The van der Waals surface area contributed by atoms with Gasteiger partial charge >= 0.3 is 0 Å². The number of benzene rings is 3. The number of hydrogen-bond donors (Lipinski definition) is 0. The van der Waals surface area contributed by atoms with E-state index in [1.807, 2.05) is 66.9 Å². The molecular weight excluding hydrogens is 464 g/mol. The first-order chi connectivity index (χ1) is 16.8. The zero-order chi connectivity index (χ0) is 25.0. The summed E-state index contributed by atoms with van der Waals surface area (Å²) < 4.78 is 27.8. The van der Waals surface area contributed by atoms with Crippen LogP contribution in [0.1, 0.15) is 15.9 Å².